The van der Waals surface area contributed by atoms with Crippen LogP contribution < -0.4 is 5.32 Å². The summed E-state index contributed by atoms with van der Waals surface area (Å²) in [6.45, 7) is 1.12. The zero-order valence-corrected chi connectivity index (χ0v) is 13.1. The SMILES string of the molecule is FC(F)(F)c1cc(NCCCn2cccn2)nc(-c2cccnc2)n1. The molecular formula is C16H15F3N6. The van der Waals surface area contributed by atoms with Crippen LogP contribution in [0.25, 0.3) is 11.4 Å². The van der Waals surface area contributed by atoms with Gasteiger partial charge >= 0.3 is 6.18 Å². The van der Waals surface area contributed by atoms with Crippen molar-refractivity contribution in [1.82, 2.24) is 24.7 Å². The Morgan fingerprint density at radius 2 is 2.00 bits per heavy atom. The number of nitrogens with zero attached hydrogens (tertiary/aromatic N) is 5. The van der Waals surface area contributed by atoms with E-state index in [1.807, 2.05) is 12.3 Å². The monoisotopic (exact) mass is 348 g/mol. The number of hydrogen-bond donors (Lipinski definition) is 1. The van der Waals surface area contributed by atoms with Gasteiger partial charge in [0, 0.05) is 49.5 Å². The largest absolute Gasteiger partial charge is 0.433 e. The molecule has 3 rings (SSSR count). The lowest BCUT2D eigenvalue weighted by Gasteiger charge is -2.12. The van der Waals surface area contributed by atoms with Gasteiger partial charge in [0.05, 0.1) is 0 Å². The second kappa shape index (κ2) is 7.29. The molecule has 9 heteroatoms. The van der Waals surface area contributed by atoms with Gasteiger partial charge in [-0.25, -0.2) is 9.97 Å². The second-order valence-corrected chi connectivity index (χ2v) is 5.25. The Bertz CT molecular complexity index is 802. The van der Waals surface area contributed by atoms with Crippen LogP contribution in [-0.4, -0.2) is 31.3 Å². The lowest BCUT2D eigenvalue weighted by Crippen LogP contribution is -2.13. The third-order valence-electron chi connectivity index (χ3n) is 3.37. The highest BCUT2D eigenvalue weighted by Crippen LogP contribution is 2.30. The van der Waals surface area contributed by atoms with Gasteiger partial charge in [0.1, 0.15) is 5.82 Å². The summed E-state index contributed by atoms with van der Waals surface area (Å²) in [5.41, 5.74) is -0.566. The van der Waals surface area contributed by atoms with Crippen molar-refractivity contribution in [1.29, 1.82) is 0 Å². The second-order valence-electron chi connectivity index (χ2n) is 5.25. The molecule has 130 valence electrons. The zero-order valence-electron chi connectivity index (χ0n) is 13.1. The van der Waals surface area contributed by atoms with Crippen molar-refractivity contribution in [3.8, 4) is 11.4 Å². The Kier molecular flexibility index (Phi) is 4.92. The van der Waals surface area contributed by atoms with Crippen molar-refractivity contribution in [2.75, 3.05) is 11.9 Å². The summed E-state index contributed by atoms with van der Waals surface area (Å²) >= 11 is 0. The molecule has 0 bridgehead atoms. The van der Waals surface area contributed by atoms with E-state index in [2.05, 4.69) is 25.4 Å². The van der Waals surface area contributed by atoms with Gasteiger partial charge in [0.2, 0.25) is 0 Å². The summed E-state index contributed by atoms with van der Waals surface area (Å²) in [5, 5.41) is 6.99. The van der Waals surface area contributed by atoms with E-state index in [0.717, 1.165) is 6.07 Å². The first-order valence-corrected chi connectivity index (χ1v) is 7.60. The van der Waals surface area contributed by atoms with Gasteiger partial charge in [0.15, 0.2) is 11.5 Å². The average molecular weight is 348 g/mol. The molecule has 3 aromatic heterocycles. The van der Waals surface area contributed by atoms with Crippen molar-refractivity contribution in [2.45, 2.75) is 19.1 Å². The number of nitrogens with one attached hydrogen (secondary N) is 1. The minimum atomic E-state index is -4.55. The van der Waals surface area contributed by atoms with Crippen molar-refractivity contribution < 1.29 is 13.2 Å². The quantitative estimate of drug-likeness (QED) is 0.693. The maximum atomic E-state index is 13.1. The van der Waals surface area contributed by atoms with E-state index in [-0.39, 0.29) is 11.6 Å². The summed E-state index contributed by atoms with van der Waals surface area (Å²) < 4.78 is 41.0. The van der Waals surface area contributed by atoms with Gasteiger partial charge in [-0.2, -0.15) is 18.3 Å². The van der Waals surface area contributed by atoms with Crippen molar-refractivity contribution in [3.05, 3.63) is 54.7 Å². The summed E-state index contributed by atoms with van der Waals surface area (Å²) in [6, 6.07) is 5.96. The third kappa shape index (κ3) is 4.52. The Morgan fingerprint density at radius 1 is 1.12 bits per heavy atom. The van der Waals surface area contributed by atoms with E-state index in [1.54, 1.807) is 23.0 Å². The zero-order chi connectivity index (χ0) is 17.7. The van der Waals surface area contributed by atoms with Crippen LogP contribution in [0.5, 0.6) is 0 Å². The number of hydrogen-bond acceptors (Lipinski definition) is 5. The lowest BCUT2D eigenvalue weighted by molar-refractivity contribution is -0.141. The molecule has 0 aliphatic heterocycles. The topological polar surface area (TPSA) is 68.5 Å². The van der Waals surface area contributed by atoms with E-state index >= 15 is 0 Å². The third-order valence-corrected chi connectivity index (χ3v) is 3.37. The molecule has 1 N–H and O–H groups in total. The summed E-state index contributed by atoms with van der Waals surface area (Å²) in [6.07, 6.45) is 2.60. The molecule has 0 spiro atoms. The average Bonchev–Trinajstić information content (AvgIpc) is 3.12. The molecule has 0 radical (unpaired) electrons. The van der Waals surface area contributed by atoms with Crippen LogP contribution in [-0.2, 0) is 12.7 Å². The highest BCUT2D eigenvalue weighted by atomic mass is 19.4. The molecule has 0 aliphatic rings. The fraction of sp³-hybridized carbons (Fsp3) is 0.250. The van der Waals surface area contributed by atoms with Crippen LogP contribution in [0.1, 0.15) is 12.1 Å². The number of rotatable bonds is 6. The van der Waals surface area contributed by atoms with E-state index in [9.17, 15) is 13.2 Å². The summed E-state index contributed by atoms with van der Waals surface area (Å²) in [7, 11) is 0. The Morgan fingerprint density at radius 3 is 2.68 bits per heavy atom. The number of aryl methyl sites for hydroxylation is 1. The van der Waals surface area contributed by atoms with Gasteiger partial charge in [-0.1, -0.05) is 0 Å². The van der Waals surface area contributed by atoms with Crippen molar-refractivity contribution in [3.63, 3.8) is 0 Å². The maximum absolute atomic E-state index is 13.1. The minimum absolute atomic E-state index is 0.0162. The molecule has 0 atom stereocenters. The predicted octanol–water partition coefficient (Wildman–Crippen LogP) is 3.26. The fourth-order valence-corrected chi connectivity index (χ4v) is 2.20. The Balaban J connectivity index is 1.75. The van der Waals surface area contributed by atoms with E-state index in [0.29, 0.717) is 25.1 Å². The van der Waals surface area contributed by atoms with Crippen LogP contribution >= 0.6 is 0 Å². The van der Waals surface area contributed by atoms with E-state index < -0.39 is 11.9 Å². The fourth-order valence-electron chi connectivity index (χ4n) is 2.20. The first-order chi connectivity index (χ1) is 12.0. The molecule has 0 aromatic carbocycles. The van der Waals surface area contributed by atoms with Gasteiger partial charge in [0.25, 0.3) is 0 Å². The number of pyridine rings is 1. The molecule has 0 unspecified atom stereocenters. The van der Waals surface area contributed by atoms with Crippen molar-refractivity contribution >= 4 is 5.82 Å². The van der Waals surface area contributed by atoms with Crippen LogP contribution in [0.2, 0.25) is 0 Å². The minimum Gasteiger partial charge on any atom is -0.370 e. The number of halogens is 3. The molecular weight excluding hydrogens is 333 g/mol. The molecule has 25 heavy (non-hydrogen) atoms. The van der Waals surface area contributed by atoms with Crippen LogP contribution in [0.3, 0.4) is 0 Å². The molecule has 6 nitrogen and oxygen atoms in total. The first kappa shape index (κ1) is 16.9. The van der Waals surface area contributed by atoms with Gasteiger partial charge in [-0.15, -0.1) is 0 Å². The van der Waals surface area contributed by atoms with E-state index in [4.69, 9.17) is 0 Å². The summed E-state index contributed by atoms with van der Waals surface area (Å²) in [5.74, 6) is 0.110. The molecule has 0 saturated carbocycles. The molecule has 0 saturated heterocycles. The first-order valence-electron chi connectivity index (χ1n) is 7.60. The molecule has 0 fully saturated rings. The molecule has 0 amide bonds. The normalized spacial score (nSPS) is 11.5. The van der Waals surface area contributed by atoms with Crippen LogP contribution in [0.4, 0.5) is 19.0 Å². The summed E-state index contributed by atoms with van der Waals surface area (Å²) in [4.78, 5) is 11.7. The van der Waals surface area contributed by atoms with Crippen LogP contribution in [0.15, 0.2) is 49.1 Å². The Labute approximate surface area is 141 Å². The molecule has 3 heterocycles. The number of aromatic nitrogens is 5. The van der Waals surface area contributed by atoms with Gasteiger partial charge in [-0.3, -0.25) is 9.67 Å². The maximum Gasteiger partial charge on any atom is 0.433 e. The lowest BCUT2D eigenvalue weighted by atomic mass is 10.2. The van der Waals surface area contributed by atoms with E-state index in [1.165, 1.54) is 12.4 Å². The molecule has 3 aromatic rings. The van der Waals surface area contributed by atoms with Crippen LogP contribution in [0, 0.1) is 0 Å². The van der Waals surface area contributed by atoms with Crippen molar-refractivity contribution in [2.24, 2.45) is 0 Å². The molecule has 0 aliphatic carbocycles. The smallest absolute Gasteiger partial charge is 0.370 e. The number of alkyl halides is 3. The Hall–Kier alpha value is -2.97. The number of anilines is 1. The highest BCUT2D eigenvalue weighted by molar-refractivity contribution is 5.56. The highest BCUT2D eigenvalue weighted by Gasteiger charge is 2.33. The predicted molar refractivity (Wildman–Crippen MR) is 85.6 cm³/mol. The van der Waals surface area contributed by atoms with Gasteiger partial charge < -0.3 is 5.32 Å². The van der Waals surface area contributed by atoms with Gasteiger partial charge in [-0.05, 0) is 24.6 Å². The standard InChI is InChI=1S/C16H15F3N6/c17-16(18,19)13-10-14(21-6-2-8-25-9-3-7-22-25)24-15(23-13)12-4-1-5-20-11-12/h1,3-5,7,9-11H,2,6,8H2,(H,21,23,24).